The van der Waals surface area contributed by atoms with Gasteiger partial charge in [-0.3, -0.25) is 14.4 Å². The molecule has 0 bridgehead atoms. The average Bonchev–Trinajstić information content (AvgIpc) is 2.97. The Kier molecular flexibility index (Phi) is 9.95. The van der Waals surface area contributed by atoms with E-state index < -0.39 is 22.9 Å². The number of carbonyl (C=O) groups excluding carboxylic acids is 3. The van der Waals surface area contributed by atoms with Gasteiger partial charge in [-0.05, 0) is 91.7 Å². The first-order chi connectivity index (χ1) is 19.7. The largest absolute Gasteiger partial charge is 0.325 e. The molecule has 208 valence electrons. The third-order valence-corrected chi connectivity index (χ3v) is 7.31. The van der Waals surface area contributed by atoms with Gasteiger partial charge in [-0.2, -0.15) is 0 Å². The van der Waals surface area contributed by atoms with E-state index in [9.17, 15) is 18.8 Å². The Balaban J connectivity index is 1.43. The Labute approximate surface area is 247 Å². The van der Waals surface area contributed by atoms with Crippen LogP contribution in [0.5, 0.6) is 0 Å². The van der Waals surface area contributed by atoms with E-state index in [0.29, 0.717) is 27.5 Å². The summed E-state index contributed by atoms with van der Waals surface area (Å²) in [5, 5.41) is 8.49. The van der Waals surface area contributed by atoms with Crippen LogP contribution in [-0.4, -0.2) is 23.0 Å². The van der Waals surface area contributed by atoms with Crippen molar-refractivity contribution in [2.75, 3.05) is 10.6 Å². The van der Waals surface area contributed by atoms with Gasteiger partial charge in [-0.25, -0.2) is 4.39 Å². The average molecular weight is 588 g/mol. The predicted molar refractivity (Wildman–Crippen MR) is 163 cm³/mol. The van der Waals surface area contributed by atoms with E-state index in [1.165, 1.54) is 42.1 Å². The molecule has 1 atom stereocenters. The van der Waals surface area contributed by atoms with Crippen LogP contribution in [0.25, 0.3) is 6.08 Å². The first-order valence-corrected chi connectivity index (χ1v) is 13.9. The normalized spacial score (nSPS) is 11.9. The molecule has 0 aromatic heterocycles. The second-order valence-electron chi connectivity index (χ2n) is 9.12. The summed E-state index contributed by atoms with van der Waals surface area (Å²) in [6.07, 6.45) is 1.47. The Morgan fingerprint density at radius 2 is 1.56 bits per heavy atom. The summed E-state index contributed by atoms with van der Waals surface area (Å²) in [4.78, 5) is 39.5. The fourth-order valence-corrected chi connectivity index (χ4v) is 4.74. The summed E-state index contributed by atoms with van der Waals surface area (Å²) in [7, 11) is 0. The van der Waals surface area contributed by atoms with Crippen LogP contribution in [0.15, 0.2) is 108 Å². The lowest BCUT2D eigenvalue weighted by Gasteiger charge is -2.14. The first-order valence-electron chi connectivity index (χ1n) is 12.7. The monoisotopic (exact) mass is 587 g/mol. The van der Waals surface area contributed by atoms with Crippen LogP contribution in [0, 0.1) is 12.7 Å². The number of halogens is 2. The molecule has 0 saturated carbocycles. The van der Waals surface area contributed by atoms with Crippen LogP contribution in [0.3, 0.4) is 0 Å². The summed E-state index contributed by atoms with van der Waals surface area (Å²) in [6, 6.07) is 26.4. The van der Waals surface area contributed by atoms with Gasteiger partial charge >= 0.3 is 0 Å². The highest BCUT2D eigenvalue weighted by molar-refractivity contribution is 8.00. The van der Waals surface area contributed by atoms with Gasteiger partial charge in [0.2, 0.25) is 5.91 Å². The summed E-state index contributed by atoms with van der Waals surface area (Å²) < 4.78 is 13.4. The van der Waals surface area contributed by atoms with Crippen LogP contribution in [0.1, 0.15) is 28.4 Å². The molecule has 0 heterocycles. The highest BCUT2D eigenvalue weighted by Crippen LogP contribution is 2.27. The van der Waals surface area contributed by atoms with E-state index >= 15 is 0 Å². The zero-order chi connectivity index (χ0) is 29.4. The molecule has 0 saturated heterocycles. The van der Waals surface area contributed by atoms with Gasteiger partial charge in [-0.15, -0.1) is 11.8 Å². The Morgan fingerprint density at radius 1 is 0.878 bits per heavy atom. The fourth-order valence-electron chi connectivity index (χ4n) is 3.70. The second kappa shape index (κ2) is 13.8. The fraction of sp³-hybridized carbons (Fsp3) is 0.0938. The number of amides is 3. The van der Waals surface area contributed by atoms with Crippen molar-refractivity contribution in [2.45, 2.75) is 24.0 Å². The zero-order valence-electron chi connectivity index (χ0n) is 22.3. The third-order valence-electron chi connectivity index (χ3n) is 5.96. The standard InChI is InChI=1S/C32H27ClFN3O3S/c1-20-8-11-24(33)19-28(20)36-30(38)21(2)41-27-16-14-26(15-17-27)35-32(40)29(18-22-9-12-25(34)13-10-22)37-31(39)23-6-4-3-5-7-23/h3-19,21H,1-2H3,(H,35,40)(H,36,38)(H,37,39)/b29-18-. The van der Waals surface area contributed by atoms with Gasteiger partial charge in [0.15, 0.2) is 0 Å². The molecule has 0 aliphatic rings. The minimum atomic E-state index is -0.552. The van der Waals surface area contributed by atoms with E-state index in [0.717, 1.165) is 10.5 Å². The van der Waals surface area contributed by atoms with Crippen LogP contribution in [0.2, 0.25) is 5.02 Å². The van der Waals surface area contributed by atoms with E-state index in [1.807, 2.05) is 13.0 Å². The molecule has 9 heteroatoms. The maximum atomic E-state index is 13.4. The lowest BCUT2D eigenvalue weighted by Crippen LogP contribution is -2.30. The molecule has 3 amide bonds. The molecule has 0 spiro atoms. The highest BCUT2D eigenvalue weighted by atomic mass is 35.5. The summed E-state index contributed by atoms with van der Waals surface area (Å²) in [6.45, 7) is 3.70. The molecule has 0 aliphatic heterocycles. The molecule has 4 aromatic carbocycles. The first kappa shape index (κ1) is 29.6. The molecular formula is C32H27ClFN3O3S. The van der Waals surface area contributed by atoms with Crippen LogP contribution >= 0.6 is 23.4 Å². The topological polar surface area (TPSA) is 87.3 Å². The number of benzene rings is 4. The summed E-state index contributed by atoms with van der Waals surface area (Å²) >= 11 is 7.42. The Bertz CT molecular complexity index is 1580. The number of nitrogens with one attached hydrogen (secondary N) is 3. The Hall–Kier alpha value is -4.40. The molecule has 41 heavy (non-hydrogen) atoms. The van der Waals surface area contributed by atoms with Crippen molar-refractivity contribution in [2.24, 2.45) is 0 Å². The van der Waals surface area contributed by atoms with E-state index in [4.69, 9.17) is 11.6 Å². The van der Waals surface area contributed by atoms with Gasteiger partial charge in [-0.1, -0.05) is 48.0 Å². The SMILES string of the molecule is Cc1ccc(Cl)cc1NC(=O)C(C)Sc1ccc(NC(=O)/C(=C/c2ccc(F)cc2)NC(=O)c2ccccc2)cc1. The maximum absolute atomic E-state index is 13.4. The van der Waals surface area contributed by atoms with Crippen LogP contribution in [0.4, 0.5) is 15.8 Å². The quantitative estimate of drug-likeness (QED) is 0.141. The number of rotatable bonds is 9. The molecule has 4 rings (SSSR count). The van der Waals surface area contributed by atoms with Crippen molar-refractivity contribution in [3.05, 3.63) is 130 Å². The zero-order valence-corrected chi connectivity index (χ0v) is 23.9. The summed E-state index contributed by atoms with van der Waals surface area (Å²) in [5.41, 5.74) is 2.98. The van der Waals surface area contributed by atoms with E-state index in [-0.39, 0.29) is 11.6 Å². The number of aryl methyl sites for hydroxylation is 1. The summed E-state index contributed by atoms with van der Waals surface area (Å²) in [5.74, 6) is -1.59. The third kappa shape index (κ3) is 8.54. The van der Waals surface area contributed by atoms with Crippen molar-refractivity contribution in [1.29, 1.82) is 0 Å². The lowest BCUT2D eigenvalue weighted by atomic mass is 10.1. The molecule has 4 aromatic rings. The Morgan fingerprint density at radius 3 is 2.24 bits per heavy atom. The van der Waals surface area contributed by atoms with Crippen molar-refractivity contribution in [3.8, 4) is 0 Å². The minimum Gasteiger partial charge on any atom is -0.325 e. The predicted octanol–water partition coefficient (Wildman–Crippen LogP) is 7.32. The molecular weight excluding hydrogens is 561 g/mol. The lowest BCUT2D eigenvalue weighted by molar-refractivity contribution is -0.115. The number of hydrogen-bond acceptors (Lipinski definition) is 4. The molecule has 3 N–H and O–H groups in total. The van der Waals surface area contributed by atoms with E-state index in [2.05, 4.69) is 16.0 Å². The maximum Gasteiger partial charge on any atom is 0.272 e. The molecule has 1 unspecified atom stereocenters. The molecule has 6 nitrogen and oxygen atoms in total. The van der Waals surface area contributed by atoms with Crippen molar-refractivity contribution in [3.63, 3.8) is 0 Å². The highest BCUT2D eigenvalue weighted by Gasteiger charge is 2.17. The van der Waals surface area contributed by atoms with Gasteiger partial charge in [0.05, 0.1) is 5.25 Å². The van der Waals surface area contributed by atoms with Gasteiger partial charge in [0.1, 0.15) is 11.5 Å². The van der Waals surface area contributed by atoms with Crippen molar-refractivity contribution < 1.29 is 18.8 Å². The number of carbonyl (C=O) groups is 3. The number of thioether (sulfide) groups is 1. The molecule has 0 fully saturated rings. The van der Waals surface area contributed by atoms with E-state index in [1.54, 1.807) is 73.7 Å². The molecule has 0 radical (unpaired) electrons. The van der Waals surface area contributed by atoms with Gasteiger partial charge < -0.3 is 16.0 Å². The molecule has 0 aliphatic carbocycles. The van der Waals surface area contributed by atoms with Crippen LogP contribution < -0.4 is 16.0 Å². The van der Waals surface area contributed by atoms with Crippen LogP contribution in [-0.2, 0) is 9.59 Å². The number of hydrogen-bond donors (Lipinski definition) is 3. The second-order valence-corrected chi connectivity index (χ2v) is 11.0. The minimum absolute atomic E-state index is 0.00878. The van der Waals surface area contributed by atoms with Crippen molar-refractivity contribution in [1.82, 2.24) is 5.32 Å². The smallest absolute Gasteiger partial charge is 0.272 e. The number of anilines is 2. The van der Waals surface area contributed by atoms with Crippen molar-refractivity contribution >= 4 is 58.5 Å². The van der Waals surface area contributed by atoms with Gasteiger partial charge in [0.25, 0.3) is 11.8 Å². The van der Waals surface area contributed by atoms with Gasteiger partial charge in [0, 0.05) is 26.9 Å².